The predicted molar refractivity (Wildman–Crippen MR) is 242 cm³/mol. The van der Waals surface area contributed by atoms with Gasteiger partial charge < -0.3 is 0 Å². The Morgan fingerprint density at radius 2 is 0.807 bits per heavy atom. The van der Waals surface area contributed by atoms with E-state index >= 15 is 0 Å². The smallest absolute Gasteiger partial charge is 0.146 e. The Morgan fingerprint density at radius 3 is 1.60 bits per heavy atom. The normalized spacial score (nSPS) is 11.9. The molecule has 57 heavy (non-hydrogen) atoms. The van der Waals surface area contributed by atoms with Crippen LogP contribution in [-0.2, 0) is 0 Å². The van der Waals surface area contributed by atoms with Crippen LogP contribution in [0.1, 0.15) is 0 Å². The molecular formula is C55H34N2. The zero-order valence-corrected chi connectivity index (χ0v) is 31.0. The fourth-order valence-corrected chi connectivity index (χ4v) is 9.27. The highest BCUT2D eigenvalue weighted by Crippen LogP contribution is 2.46. The Balaban J connectivity index is 1.06. The van der Waals surface area contributed by atoms with Gasteiger partial charge in [0.2, 0.25) is 0 Å². The van der Waals surface area contributed by atoms with E-state index in [2.05, 4.69) is 211 Å². The molecule has 0 N–H and O–H groups in total. The second-order valence-electron chi connectivity index (χ2n) is 15.1. The van der Waals surface area contributed by atoms with Gasteiger partial charge in [0.25, 0.3) is 0 Å². The molecule has 12 rings (SSSR count). The van der Waals surface area contributed by atoms with Crippen LogP contribution >= 0.6 is 0 Å². The molecule has 2 nitrogen and oxygen atoms in total. The molecule has 0 fully saturated rings. The van der Waals surface area contributed by atoms with Gasteiger partial charge in [-0.3, -0.25) is 4.40 Å². The lowest BCUT2D eigenvalue weighted by Gasteiger charge is -2.19. The van der Waals surface area contributed by atoms with Crippen molar-refractivity contribution in [1.29, 1.82) is 0 Å². The fraction of sp³-hybridized carbons (Fsp3) is 0. The van der Waals surface area contributed by atoms with Crippen LogP contribution in [0.15, 0.2) is 206 Å². The summed E-state index contributed by atoms with van der Waals surface area (Å²) >= 11 is 0. The van der Waals surface area contributed by atoms with Crippen molar-refractivity contribution in [2.45, 2.75) is 0 Å². The van der Waals surface area contributed by atoms with Gasteiger partial charge in [0.05, 0.1) is 16.6 Å². The largest absolute Gasteiger partial charge is 0.292 e. The van der Waals surface area contributed by atoms with Crippen LogP contribution < -0.4 is 0 Å². The van der Waals surface area contributed by atoms with Crippen molar-refractivity contribution in [3.05, 3.63) is 206 Å². The topological polar surface area (TPSA) is 17.3 Å². The van der Waals surface area contributed by atoms with Gasteiger partial charge >= 0.3 is 0 Å². The molecule has 12 aromatic rings. The van der Waals surface area contributed by atoms with Crippen molar-refractivity contribution in [1.82, 2.24) is 9.38 Å². The van der Waals surface area contributed by atoms with Gasteiger partial charge in [0, 0.05) is 10.8 Å². The Hall–Kier alpha value is -7.55. The van der Waals surface area contributed by atoms with Crippen LogP contribution in [0.2, 0.25) is 0 Å². The summed E-state index contributed by atoms with van der Waals surface area (Å²) in [5.74, 6) is 0. The summed E-state index contributed by atoms with van der Waals surface area (Å²) < 4.78 is 2.31. The lowest BCUT2D eigenvalue weighted by atomic mass is 9.84. The number of aromatic nitrogens is 2. The average molecular weight is 723 g/mol. The highest BCUT2D eigenvalue weighted by molar-refractivity contribution is 6.22. The number of benzene rings is 10. The quantitative estimate of drug-likeness (QED) is 0.131. The average Bonchev–Trinajstić information content (AvgIpc) is 3.68. The summed E-state index contributed by atoms with van der Waals surface area (Å²) in [6.45, 7) is 0. The molecule has 0 saturated carbocycles. The van der Waals surface area contributed by atoms with Crippen molar-refractivity contribution in [3.63, 3.8) is 0 Å². The van der Waals surface area contributed by atoms with Crippen molar-refractivity contribution >= 4 is 70.7 Å². The summed E-state index contributed by atoms with van der Waals surface area (Å²) in [4.78, 5) is 5.12. The zero-order valence-electron chi connectivity index (χ0n) is 31.0. The van der Waals surface area contributed by atoms with Gasteiger partial charge in [0.15, 0.2) is 0 Å². The van der Waals surface area contributed by atoms with Crippen LogP contribution in [0.3, 0.4) is 0 Å². The van der Waals surface area contributed by atoms with E-state index in [9.17, 15) is 0 Å². The zero-order chi connectivity index (χ0) is 37.5. The van der Waals surface area contributed by atoms with E-state index in [4.69, 9.17) is 4.98 Å². The first-order valence-corrected chi connectivity index (χ1v) is 19.6. The van der Waals surface area contributed by atoms with E-state index in [-0.39, 0.29) is 0 Å². The number of rotatable bonds is 4. The van der Waals surface area contributed by atoms with E-state index in [1.165, 1.54) is 93.1 Å². The molecule has 2 aromatic heterocycles. The first-order chi connectivity index (χ1) is 28.3. The van der Waals surface area contributed by atoms with Gasteiger partial charge in [0.1, 0.15) is 5.65 Å². The highest BCUT2D eigenvalue weighted by atomic mass is 15.0. The first kappa shape index (κ1) is 31.8. The van der Waals surface area contributed by atoms with Crippen LogP contribution in [0.25, 0.3) is 115 Å². The Labute approximate surface area is 329 Å². The summed E-state index contributed by atoms with van der Waals surface area (Å²) in [5.41, 5.74) is 14.1. The molecule has 0 aliphatic heterocycles. The number of nitrogens with zero attached hydrogens (tertiary/aromatic N) is 2. The summed E-state index contributed by atoms with van der Waals surface area (Å²) in [5, 5.41) is 11.1. The third-order valence-electron chi connectivity index (χ3n) is 11.9. The Kier molecular flexibility index (Phi) is 6.96. The third-order valence-corrected chi connectivity index (χ3v) is 11.9. The standard InChI is InChI=1S/C55H34N2/c1-2-12-35(13-3-1)41-28-30-46-49(34-41)53(44-17-6-7-18-45(44)54(46)42-27-24-36-14-4-5-15-39(36)32-42)38-25-22-37(23-26-38)40-29-31-47-48(33-40)43-16-8-10-20-51(43)57-52-21-11-9-19-50(52)56-55(47)57/h1-34H. The molecule has 0 aliphatic rings. The van der Waals surface area contributed by atoms with Crippen LogP contribution in [0.4, 0.5) is 0 Å². The number of hydrogen-bond acceptors (Lipinski definition) is 1. The second-order valence-corrected chi connectivity index (χ2v) is 15.1. The highest BCUT2D eigenvalue weighted by Gasteiger charge is 2.19. The molecular weight excluding hydrogens is 689 g/mol. The number of hydrogen-bond donors (Lipinski definition) is 0. The molecule has 0 atom stereocenters. The van der Waals surface area contributed by atoms with Crippen LogP contribution in [0, 0.1) is 0 Å². The Bertz CT molecular complexity index is 3560. The first-order valence-electron chi connectivity index (χ1n) is 19.6. The monoisotopic (exact) mass is 722 g/mol. The lowest BCUT2D eigenvalue weighted by Crippen LogP contribution is -1.92. The molecule has 0 bridgehead atoms. The van der Waals surface area contributed by atoms with E-state index < -0.39 is 0 Å². The summed E-state index contributed by atoms with van der Waals surface area (Å²) in [6, 6.07) is 75.4. The van der Waals surface area contributed by atoms with Gasteiger partial charge in [-0.25, -0.2) is 4.98 Å². The number of pyridine rings is 1. The van der Waals surface area contributed by atoms with Gasteiger partial charge in [-0.05, 0) is 125 Å². The lowest BCUT2D eigenvalue weighted by molar-refractivity contribution is 1.31. The van der Waals surface area contributed by atoms with E-state index in [1.807, 2.05) is 0 Å². The molecule has 0 radical (unpaired) electrons. The van der Waals surface area contributed by atoms with Crippen LogP contribution in [0.5, 0.6) is 0 Å². The van der Waals surface area contributed by atoms with Crippen molar-refractivity contribution in [3.8, 4) is 44.5 Å². The molecule has 0 aliphatic carbocycles. The molecule has 2 heteroatoms. The molecule has 10 aromatic carbocycles. The fourth-order valence-electron chi connectivity index (χ4n) is 9.27. The Morgan fingerprint density at radius 1 is 0.281 bits per heavy atom. The minimum atomic E-state index is 0.993. The second kappa shape index (κ2) is 12.5. The van der Waals surface area contributed by atoms with Crippen molar-refractivity contribution in [2.24, 2.45) is 0 Å². The molecule has 0 saturated heterocycles. The SMILES string of the molecule is c1ccc(-c2ccc3c(-c4ccc5ccccc5c4)c4ccccc4c(-c4ccc(-c5ccc6c(c5)c5ccccc5n5c7ccccc7nc65)cc4)c3c2)cc1. The molecule has 2 heterocycles. The van der Waals surface area contributed by atoms with Crippen molar-refractivity contribution < 1.29 is 0 Å². The van der Waals surface area contributed by atoms with Gasteiger partial charge in [-0.2, -0.15) is 0 Å². The number of fused-ring (bicyclic) bond motifs is 11. The predicted octanol–water partition coefficient (Wildman–Crippen LogP) is 14.9. The van der Waals surface area contributed by atoms with E-state index in [1.54, 1.807) is 0 Å². The third kappa shape index (κ3) is 4.94. The maximum atomic E-state index is 5.12. The molecule has 0 unspecified atom stereocenters. The minimum absolute atomic E-state index is 0.993. The van der Waals surface area contributed by atoms with Gasteiger partial charge in [-0.15, -0.1) is 0 Å². The van der Waals surface area contributed by atoms with Crippen LogP contribution in [-0.4, -0.2) is 9.38 Å². The number of imidazole rings is 1. The molecule has 264 valence electrons. The summed E-state index contributed by atoms with van der Waals surface area (Å²) in [6.07, 6.45) is 0. The molecule has 0 spiro atoms. The maximum Gasteiger partial charge on any atom is 0.146 e. The van der Waals surface area contributed by atoms with Gasteiger partial charge in [-0.1, -0.05) is 164 Å². The number of para-hydroxylation sites is 3. The van der Waals surface area contributed by atoms with E-state index in [0.717, 1.165) is 22.1 Å². The van der Waals surface area contributed by atoms with E-state index in [0.29, 0.717) is 0 Å². The molecule has 0 amide bonds. The van der Waals surface area contributed by atoms with Crippen molar-refractivity contribution in [2.75, 3.05) is 0 Å². The maximum absolute atomic E-state index is 5.12. The summed E-state index contributed by atoms with van der Waals surface area (Å²) in [7, 11) is 0. The minimum Gasteiger partial charge on any atom is -0.292 e.